The number of carbonyl (C=O) groups is 1. The summed E-state index contributed by atoms with van der Waals surface area (Å²) in [5.41, 5.74) is -0.140. The Balaban J connectivity index is 0.00000400. The van der Waals surface area contributed by atoms with E-state index in [4.69, 9.17) is 0 Å². The Bertz CT molecular complexity index is 2320. The molecule has 0 bridgehead atoms. The number of carbonyl (C=O) groups excluding carboxylic acids is 1. The molecule has 0 radical (unpaired) electrons. The monoisotopic (exact) mass is 781 g/mol. The standard InChI is InChI=1S/C25H21N3O14S4.3Na/c29-24-22(45(36,37)38)14-16-13-20(44(33,34)35)9-10-21(16)23(24)28-27-18-3-1-15(2-4-18)25(30)26-17-5-7-19(8-6-17)43(31,32)12-11-42-46(39,40)41;;;/h1-10,13-14,29H,11-12H2,(H,26,30)(H,33,34,35)(H,36,37,38)(H,39,40,41);;;/q;3*+1/p-3. The average Bonchev–Trinajstić information content (AvgIpc) is 2.95. The summed E-state index contributed by atoms with van der Waals surface area (Å²) in [5, 5.41) is 20.4. The van der Waals surface area contributed by atoms with Gasteiger partial charge in [0.1, 0.15) is 25.9 Å². The van der Waals surface area contributed by atoms with Crippen molar-refractivity contribution < 1.29 is 150 Å². The van der Waals surface area contributed by atoms with Crippen LogP contribution in [0.4, 0.5) is 17.1 Å². The zero-order valence-electron chi connectivity index (χ0n) is 25.6. The Morgan fingerprint density at radius 3 is 1.84 bits per heavy atom. The number of azo groups is 1. The molecule has 0 saturated heterocycles. The number of phenols is 1. The summed E-state index contributed by atoms with van der Waals surface area (Å²) in [6.07, 6.45) is 0. The number of aromatic hydroxyl groups is 1. The normalized spacial score (nSPS) is 12.1. The van der Waals surface area contributed by atoms with Crippen LogP contribution in [0.25, 0.3) is 10.8 Å². The van der Waals surface area contributed by atoms with Crippen LogP contribution in [0.3, 0.4) is 0 Å². The van der Waals surface area contributed by atoms with Gasteiger partial charge >= 0.3 is 88.7 Å². The minimum Gasteiger partial charge on any atom is -0.744 e. The van der Waals surface area contributed by atoms with Crippen molar-refractivity contribution in [3.8, 4) is 5.75 Å². The molecule has 4 rings (SSSR count). The van der Waals surface area contributed by atoms with Crippen LogP contribution in [0.5, 0.6) is 5.75 Å². The van der Waals surface area contributed by atoms with Crippen molar-refractivity contribution in [1.29, 1.82) is 0 Å². The van der Waals surface area contributed by atoms with Gasteiger partial charge in [-0.1, -0.05) is 6.07 Å². The summed E-state index contributed by atoms with van der Waals surface area (Å²) < 4.78 is 129. The molecule has 0 aliphatic carbocycles. The Morgan fingerprint density at radius 1 is 0.735 bits per heavy atom. The van der Waals surface area contributed by atoms with Gasteiger partial charge < -0.3 is 24.1 Å². The summed E-state index contributed by atoms with van der Waals surface area (Å²) in [6, 6.07) is 13.6. The first-order chi connectivity index (χ1) is 21.2. The number of sulfone groups is 1. The van der Waals surface area contributed by atoms with E-state index in [2.05, 4.69) is 19.7 Å². The second-order valence-electron chi connectivity index (χ2n) is 9.14. The molecule has 2 N–H and O–H groups in total. The van der Waals surface area contributed by atoms with Crippen LogP contribution >= 0.6 is 0 Å². The molecule has 0 unspecified atom stereocenters. The molecule has 244 valence electrons. The number of rotatable bonds is 11. The van der Waals surface area contributed by atoms with Gasteiger partial charge in [-0.25, -0.2) is 33.7 Å². The van der Waals surface area contributed by atoms with Crippen molar-refractivity contribution in [1.82, 2.24) is 0 Å². The first kappa shape index (κ1) is 45.7. The van der Waals surface area contributed by atoms with Crippen LogP contribution in [-0.4, -0.2) is 70.7 Å². The number of hydrogen-bond acceptors (Lipinski definition) is 16. The molecule has 17 nitrogen and oxygen atoms in total. The molecule has 49 heavy (non-hydrogen) atoms. The number of nitrogens with one attached hydrogen (secondary N) is 1. The van der Waals surface area contributed by atoms with Crippen LogP contribution in [0.1, 0.15) is 10.4 Å². The molecule has 0 saturated carbocycles. The third kappa shape index (κ3) is 12.4. The van der Waals surface area contributed by atoms with Crippen LogP contribution in [0.15, 0.2) is 97.7 Å². The zero-order valence-corrected chi connectivity index (χ0v) is 34.9. The number of benzene rings is 4. The van der Waals surface area contributed by atoms with Crippen molar-refractivity contribution in [3.63, 3.8) is 0 Å². The first-order valence-electron chi connectivity index (χ1n) is 12.2. The maximum Gasteiger partial charge on any atom is 1.00 e. The molecule has 0 fully saturated rings. The topological polar surface area (TPSA) is 289 Å². The fourth-order valence-corrected chi connectivity index (χ4v) is 6.47. The summed E-state index contributed by atoms with van der Waals surface area (Å²) >= 11 is 0. The summed E-state index contributed by atoms with van der Waals surface area (Å²) in [4.78, 5) is 10.6. The third-order valence-electron chi connectivity index (χ3n) is 6.03. The maximum atomic E-state index is 12.7. The van der Waals surface area contributed by atoms with Gasteiger partial charge in [0.2, 0.25) is 10.4 Å². The predicted molar refractivity (Wildman–Crippen MR) is 154 cm³/mol. The molecule has 24 heteroatoms. The molecule has 0 aliphatic heterocycles. The molecular weight excluding hydrogens is 764 g/mol. The van der Waals surface area contributed by atoms with E-state index in [1.807, 2.05) is 0 Å². The van der Waals surface area contributed by atoms with Crippen molar-refractivity contribution in [2.24, 2.45) is 10.2 Å². The fraction of sp³-hybridized carbons (Fsp3) is 0.0800. The molecule has 0 spiro atoms. The maximum absolute atomic E-state index is 12.7. The number of fused-ring (bicyclic) bond motifs is 1. The number of nitrogens with zero attached hydrogens (tertiary/aromatic N) is 2. The zero-order chi connectivity index (χ0) is 34.1. The molecule has 4 aromatic rings. The minimum atomic E-state index is -5.28. The Labute approximate surface area is 346 Å². The fourth-order valence-electron chi connectivity index (χ4n) is 3.88. The van der Waals surface area contributed by atoms with E-state index in [0.29, 0.717) is 6.07 Å². The molecular formula is C25H18N3Na3O14S4. The second kappa shape index (κ2) is 17.9. The number of phenolic OH excluding ortho intramolecular Hbond substituents is 1. The average molecular weight is 782 g/mol. The van der Waals surface area contributed by atoms with Crippen LogP contribution in [0.2, 0.25) is 0 Å². The van der Waals surface area contributed by atoms with Crippen LogP contribution < -0.4 is 94.0 Å². The predicted octanol–water partition coefficient (Wildman–Crippen LogP) is -6.72. The van der Waals surface area contributed by atoms with Crippen molar-refractivity contribution in [2.45, 2.75) is 14.7 Å². The van der Waals surface area contributed by atoms with E-state index in [-0.39, 0.29) is 121 Å². The SMILES string of the molecule is O=C(Nc1ccc(S(=O)(=O)CCOS(=O)(=O)[O-])cc1)c1ccc(N=Nc2c(O)c(S(=O)(=O)[O-])cc3cc(S(=O)(=O)[O-])ccc23)cc1.[Na+].[Na+].[Na+]. The number of hydrogen-bond donors (Lipinski definition) is 2. The quantitative estimate of drug-likeness (QED) is 0.0619. The molecule has 1 amide bonds. The van der Waals surface area contributed by atoms with E-state index < -0.39 is 80.0 Å². The van der Waals surface area contributed by atoms with Crippen molar-refractivity contribution in [2.75, 3.05) is 17.7 Å². The minimum absolute atomic E-state index is 0. The van der Waals surface area contributed by atoms with Gasteiger partial charge in [-0.15, -0.1) is 5.11 Å². The van der Waals surface area contributed by atoms with Gasteiger partial charge in [-0.2, -0.15) is 5.11 Å². The number of anilines is 1. The molecule has 0 heterocycles. The van der Waals surface area contributed by atoms with E-state index in [9.17, 15) is 57.2 Å². The second-order valence-corrected chi connectivity index (χ2v) is 15.0. The Morgan fingerprint density at radius 2 is 1.31 bits per heavy atom. The third-order valence-corrected chi connectivity index (χ3v) is 9.86. The Hall–Kier alpha value is -1.35. The van der Waals surface area contributed by atoms with E-state index in [0.717, 1.165) is 30.3 Å². The van der Waals surface area contributed by atoms with E-state index >= 15 is 0 Å². The van der Waals surface area contributed by atoms with Gasteiger partial charge in [0.15, 0.2) is 15.6 Å². The van der Waals surface area contributed by atoms with E-state index in [1.165, 1.54) is 36.4 Å². The largest absolute Gasteiger partial charge is 1.00 e. The van der Waals surface area contributed by atoms with Gasteiger partial charge in [0.25, 0.3) is 5.91 Å². The van der Waals surface area contributed by atoms with Crippen molar-refractivity contribution in [3.05, 3.63) is 78.4 Å². The summed E-state index contributed by atoms with van der Waals surface area (Å²) in [6.45, 7) is -0.871. The van der Waals surface area contributed by atoms with Gasteiger partial charge in [-0.05, 0) is 72.1 Å². The van der Waals surface area contributed by atoms with Gasteiger partial charge in [0.05, 0.1) is 32.7 Å². The Kier molecular flexibility index (Phi) is 16.7. The smallest absolute Gasteiger partial charge is 0.744 e. The first-order valence-corrected chi connectivity index (χ1v) is 18.0. The summed E-state index contributed by atoms with van der Waals surface area (Å²) in [5.74, 6) is -2.48. The molecule has 0 atom stereocenters. The molecule has 0 aliphatic rings. The van der Waals surface area contributed by atoms with Crippen LogP contribution in [-0.2, 0) is 44.7 Å². The number of amides is 1. The molecule has 4 aromatic carbocycles. The summed E-state index contributed by atoms with van der Waals surface area (Å²) in [7, 11) is -19.3. The van der Waals surface area contributed by atoms with Crippen LogP contribution in [0, 0.1) is 0 Å². The van der Waals surface area contributed by atoms with Gasteiger partial charge in [-0.3, -0.25) is 8.98 Å². The van der Waals surface area contributed by atoms with E-state index in [1.54, 1.807) is 0 Å². The van der Waals surface area contributed by atoms with Gasteiger partial charge in [0, 0.05) is 16.6 Å². The molecule has 0 aromatic heterocycles. The van der Waals surface area contributed by atoms with Crippen molar-refractivity contribution >= 4 is 74.2 Å².